The van der Waals surface area contributed by atoms with Gasteiger partial charge >= 0.3 is 0 Å². The molecule has 0 N–H and O–H groups in total. The molecule has 0 aliphatic heterocycles. The van der Waals surface area contributed by atoms with Crippen molar-refractivity contribution in [2.24, 2.45) is 0 Å². The van der Waals surface area contributed by atoms with Crippen LogP contribution in [0.25, 0.3) is 16.8 Å². The van der Waals surface area contributed by atoms with E-state index >= 15 is 0 Å². The zero-order chi connectivity index (χ0) is 14.7. The minimum atomic E-state index is 0. The zero-order valence-electron chi connectivity index (χ0n) is 12.4. The molecule has 0 unspecified atom stereocenters. The van der Waals surface area contributed by atoms with Crippen LogP contribution in [-0.2, 0) is 0 Å². The standard InChI is InChI=1S/C19H17N2.ClH/c1-15-3-5-17(6-4-15)16(2)21-13-9-19(10-14-21)18-7-11-20-12-8-18;/h3-14H,2H2,1H3;1H/q+1;/p-1. The Hall–Kier alpha value is -2.45. The number of benzene rings is 1. The predicted octanol–water partition coefficient (Wildman–Crippen LogP) is 0.868. The lowest BCUT2D eigenvalue weighted by atomic mass is 10.1. The molecule has 0 saturated carbocycles. The normalized spacial score (nSPS) is 9.86. The number of aryl methyl sites for hydroxylation is 1. The lowest BCUT2D eigenvalue weighted by Crippen LogP contribution is -3.00. The van der Waals surface area contributed by atoms with Crippen molar-refractivity contribution in [1.82, 2.24) is 4.98 Å². The first-order chi connectivity index (χ1) is 10.2. The smallest absolute Gasteiger partial charge is 0.210 e. The summed E-state index contributed by atoms with van der Waals surface area (Å²) < 4.78 is 2.04. The van der Waals surface area contributed by atoms with Gasteiger partial charge in [0.05, 0.1) is 0 Å². The highest BCUT2D eigenvalue weighted by atomic mass is 35.5. The molecule has 0 fully saturated rings. The molecule has 0 atom stereocenters. The van der Waals surface area contributed by atoms with E-state index in [4.69, 9.17) is 0 Å². The highest BCUT2D eigenvalue weighted by Crippen LogP contribution is 2.17. The average Bonchev–Trinajstić information content (AvgIpc) is 2.56. The van der Waals surface area contributed by atoms with Crippen LogP contribution in [0, 0.1) is 6.92 Å². The molecule has 2 aromatic heterocycles. The summed E-state index contributed by atoms with van der Waals surface area (Å²) in [7, 11) is 0. The van der Waals surface area contributed by atoms with Crippen LogP contribution in [0.2, 0.25) is 0 Å². The van der Waals surface area contributed by atoms with Gasteiger partial charge in [-0.1, -0.05) is 17.7 Å². The summed E-state index contributed by atoms with van der Waals surface area (Å²) in [5, 5.41) is 0. The van der Waals surface area contributed by atoms with E-state index in [1.807, 2.05) is 41.5 Å². The zero-order valence-corrected chi connectivity index (χ0v) is 13.2. The number of pyridine rings is 2. The van der Waals surface area contributed by atoms with Crippen molar-refractivity contribution < 1.29 is 17.0 Å². The molecule has 2 nitrogen and oxygen atoms in total. The van der Waals surface area contributed by atoms with Gasteiger partial charge in [0, 0.05) is 30.1 Å². The number of hydrogen-bond acceptors (Lipinski definition) is 1. The van der Waals surface area contributed by atoms with Gasteiger partial charge in [-0.25, -0.2) is 0 Å². The number of hydrogen-bond donors (Lipinski definition) is 0. The first kappa shape index (κ1) is 15.9. The number of halogens is 1. The number of rotatable bonds is 3. The molecule has 0 bridgehead atoms. The van der Waals surface area contributed by atoms with Gasteiger partial charge in [0.2, 0.25) is 5.70 Å². The van der Waals surface area contributed by atoms with Crippen molar-refractivity contribution >= 4 is 5.70 Å². The molecule has 22 heavy (non-hydrogen) atoms. The second-order valence-corrected chi connectivity index (χ2v) is 5.04. The molecular weight excluding hydrogens is 292 g/mol. The molecule has 3 rings (SSSR count). The van der Waals surface area contributed by atoms with Crippen LogP contribution in [0.1, 0.15) is 11.1 Å². The fourth-order valence-electron chi connectivity index (χ4n) is 2.24. The highest BCUT2D eigenvalue weighted by Gasteiger charge is 2.10. The predicted molar refractivity (Wildman–Crippen MR) is 85.5 cm³/mol. The second kappa shape index (κ2) is 7.01. The van der Waals surface area contributed by atoms with Gasteiger partial charge in [-0.15, -0.1) is 0 Å². The van der Waals surface area contributed by atoms with Crippen LogP contribution in [0.4, 0.5) is 0 Å². The first-order valence-corrected chi connectivity index (χ1v) is 6.92. The molecular formula is C19H17ClN2. The van der Waals surface area contributed by atoms with E-state index in [9.17, 15) is 0 Å². The van der Waals surface area contributed by atoms with E-state index in [1.54, 1.807) is 0 Å². The third-order valence-electron chi connectivity index (χ3n) is 3.54. The summed E-state index contributed by atoms with van der Waals surface area (Å²) >= 11 is 0. The third kappa shape index (κ3) is 3.41. The van der Waals surface area contributed by atoms with E-state index in [2.05, 4.69) is 54.9 Å². The Bertz CT molecular complexity index is 748. The Morgan fingerprint density at radius 1 is 0.864 bits per heavy atom. The summed E-state index contributed by atoms with van der Waals surface area (Å²) in [5.41, 5.74) is 5.69. The van der Waals surface area contributed by atoms with Crippen molar-refractivity contribution in [1.29, 1.82) is 0 Å². The Labute approximate surface area is 137 Å². The number of aromatic nitrogens is 2. The molecule has 110 valence electrons. The van der Waals surface area contributed by atoms with Crippen LogP contribution in [0.5, 0.6) is 0 Å². The lowest BCUT2D eigenvalue weighted by Gasteiger charge is -2.03. The molecule has 3 aromatic rings. The van der Waals surface area contributed by atoms with Crippen LogP contribution in [-0.4, -0.2) is 4.98 Å². The van der Waals surface area contributed by atoms with Crippen molar-refractivity contribution in [3.8, 4) is 11.1 Å². The fourth-order valence-corrected chi connectivity index (χ4v) is 2.24. The third-order valence-corrected chi connectivity index (χ3v) is 3.54. The quantitative estimate of drug-likeness (QED) is 0.656. The Morgan fingerprint density at radius 2 is 1.41 bits per heavy atom. The summed E-state index contributed by atoms with van der Waals surface area (Å²) in [6, 6.07) is 16.6. The SMILES string of the molecule is C=C(c1ccc(C)cc1)[n+]1ccc(-c2ccncc2)cc1.[Cl-]. The summed E-state index contributed by atoms with van der Waals surface area (Å²) in [6.07, 6.45) is 7.69. The van der Waals surface area contributed by atoms with Gasteiger partial charge in [0.1, 0.15) is 0 Å². The van der Waals surface area contributed by atoms with Crippen LogP contribution >= 0.6 is 0 Å². The van der Waals surface area contributed by atoms with Crippen molar-refractivity contribution in [3.63, 3.8) is 0 Å². The maximum atomic E-state index is 4.18. The Morgan fingerprint density at radius 3 is 2.00 bits per heavy atom. The van der Waals surface area contributed by atoms with Crippen molar-refractivity contribution in [2.75, 3.05) is 0 Å². The Kier molecular flexibility index (Phi) is 5.08. The van der Waals surface area contributed by atoms with Crippen LogP contribution in [0.15, 0.2) is 79.9 Å². The highest BCUT2D eigenvalue weighted by molar-refractivity contribution is 5.62. The fraction of sp³-hybridized carbons (Fsp3) is 0.0526. The summed E-state index contributed by atoms with van der Waals surface area (Å²) in [4.78, 5) is 4.04. The molecule has 0 radical (unpaired) electrons. The van der Waals surface area contributed by atoms with Gasteiger partial charge < -0.3 is 12.4 Å². The van der Waals surface area contributed by atoms with Crippen LogP contribution < -0.4 is 17.0 Å². The van der Waals surface area contributed by atoms with Gasteiger partial charge in [0.15, 0.2) is 12.4 Å². The van der Waals surface area contributed by atoms with Gasteiger partial charge in [-0.05, 0) is 48.9 Å². The average molecular weight is 309 g/mol. The maximum Gasteiger partial charge on any atom is 0.210 e. The summed E-state index contributed by atoms with van der Waals surface area (Å²) in [5.74, 6) is 0. The largest absolute Gasteiger partial charge is 1.00 e. The van der Waals surface area contributed by atoms with E-state index in [0.29, 0.717) is 0 Å². The topological polar surface area (TPSA) is 16.8 Å². The molecule has 0 saturated heterocycles. The van der Waals surface area contributed by atoms with Crippen LogP contribution in [0.3, 0.4) is 0 Å². The molecule has 0 aliphatic rings. The van der Waals surface area contributed by atoms with Gasteiger partial charge in [0.25, 0.3) is 0 Å². The van der Waals surface area contributed by atoms with E-state index in [1.165, 1.54) is 11.1 Å². The monoisotopic (exact) mass is 308 g/mol. The van der Waals surface area contributed by atoms with E-state index < -0.39 is 0 Å². The lowest BCUT2D eigenvalue weighted by molar-refractivity contribution is -0.578. The molecule has 0 spiro atoms. The van der Waals surface area contributed by atoms with E-state index in [0.717, 1.165) is 16.8 Å². The molecule has 2 heterocycles. The molecule has 1 aromatic carbocycles. The second-order valence-electron chi connectivity index (χ2n) is 5.04. The van der Waals surface area contributed by atoms with Gasteiger partial charge in [-0.2, -0.15) is 4.57 Å². The first-order valence-electron chi connectivity index (χ1n) is 6.92. The minimum Gasteiger partial charge on any atom is -1.00 e. The number of nitrogens with zero attached hydrogens (tertiary/aromatic N) is 2. The molecule has 0 aliphatic carbocycles. The van der Waals surface area contributed by atoms with Gasteiger partial charge in [-0.3, -0.25) is 4.98 Å². The minimum absolute atomic E-state index is 0. The molecule has 3 heteroatoms. The Balaban J connectivity index is 0.00000176. The molecule has 0 amide bonds. The van der Waals surface area contributed by atoms with E-state index in [-0.39, 0.29) is 12.4 Å². The summed E-state index contributed by atoms with van der Waals surface area (Å²) in [6.45, 7) is 6.27. The van der Waals surface area contributed by atoms with Crippen molar-refractivity contribution in [3.05, 3.63) is 91.0 Å². The maximum absolute atomic E-state index is 4.18. The van der Waals surface area contributed by atoms with Crippen molar-refractivity contribution in [2.45, 2.75) is 6.92 Å².